The zero-order valence-electron chi connectivity index (χ0n) is 18.4. The Morgan fingerprint density at radius 3 is 2.44 bits per heavy atom. The number of hydrazine groups is 1. The molecule has 5 rings (SSSR count). The highest BCUT2D eigenvalue weighted by Gasteiger charge is 2.33. The average molecular weight is 430 g/mol. The summed E-state index contributed by atoms with van der Waals surface area (Å²) in [5, 5.41) is 6.23. The van der Waals surface area contributed by atoms with Crippen LogP contribution in [0.25, 0.3) is 16.9 Å². The van der Waals surface area contributed by atoms with E-state index in [0.717, 1.165) is 48.4 Å². The Bertz CT molecular complexity index is 1160. The molecule has 1 N–H and O–H groups in total. The molecule has 2 aromatic carbocycles. The number of amides is 2. The van der Waals surface area contributed by atoms with Crippen LogP contribution in [0, 0.1) is 0 Å². The monoisotopic (exact) mass is 429 g/mol. The minimum atomic E-state index is -0.335. The Labute approximate surface area is 187 Å². The van der Waals surface area contributed by atoms with Gasteiger partial charge in [0.1, 0.15) is 0 Å². The first-order valence-electron chi connectivity index (χ1n) is 11.1. The van der Waals surface area contributed by atoms with Crippen LogP contribution in [-0.4, -0.2) is 57.7 Å². The van der Waals surface area contributed by atoms with E-state index in [1.54, 1.807) is 0 Å². The number of nitrogens with zero attached hydrogens (tertiary/aromatic N) is 4. The van der Waals surface area contributed by atoms with Crippen molar-refractivity contribution in [3.05, 3.63) is 71.4 Å². The van der Waals surface area contributed by atoms with E-state index in [1.165, 1.54) is 17.5 Å². The molecule has 1 saturated heterocycles. The zero-order valence-corrected chi connectivity index (χ0v) is 18.4. The minimum absolute atomic E-state index is 0.00546. The van der Waals surface area contributed by atoms with Crippen LogP contribution in [0.2, 0.25) is 0 Å². The van der Waals surface area contributed by atoms with E-state index in [1.807, 2.05) is 47.1 Å². The fraction of sp³-hybridized carbons (Fsp3) is 0.320. The maximum atomic E-state index is 13.4. The summed E-state index contributed by atoms with van der Waals surface area (Å²) >= 11 is 0. The summed E-state index contributed by atoms with van der Waals surface area (Å²) < 4.78 is 1.85. The van der Waals surface area contributed by atoms with Crippen LogP contribution in [0.1, 0.15) is 41.4 Å². The summed E-state index contributed by atoms with van der Waals surface area (Å²) in [7, 11) is 2.07. The highest BCUT2D eigenvalue weighted by atomic mass is 16.2. The van der Waals surface area contributed by atoms with Crippen molar-refractivity contribution in [2.75, 3.05) is 20.1 Å². The third-order valence-electron chi connectivity index (χ3n) is 6.45. The molecule has 0 unspecified atom stereocenters. The van der Waals surface area contributed by atoms with E-state index in [0.29, 0.717) is 12.1 Å². The van der Waals surface area contributed by atoms with Gasteiger partial charge in [0.2, 0.25) is 5.91 Å². The summed E-state index contributed by atoms with van der Waals surface area (Å²) in [5.74, 6) is -0.492. The van der Waals surface area contributed by atoms with Crippen molar-refractivity contribution < 1.29 is 9.59 Å². The Morgan fingerprint density at radius 2 is 1.72 bits per heavy atom. The van der Waals surface area contributed by atoms with E-state index >= 15 is 0 Å². The lowest BCUT2D eigenvalue weighted by molar-refractivity contribution is -0.135. The number of piperidine rings is 1. The van der Waals surface area contributed by atoms with Crippen molar-refractivity contribution >= 4 is 11.8 Å². The van der Waals surface area contributed by atoms with Gasteiger partial charge in [0, 0.05) is 24.5 Å². The summed E-state index contributed by atoms with van der Waals surface area (Å²) in [5.41, 5.74) is 8.29. The second-order valence-electron chi connectivity index (χ2n) is 8.62. The van der Waals surface area contributed by atoms with Crippen molar-refractivity contribution in [2.45, 2.75) is 32.2 Å². The molecule has 2 heterocycles. The quantitative estimate of drug-likeness (QED) is 0.508. The molecule has 0 saturated carbocycles. The van der Waals surface area contributed by atoms with Crippen LogP contribution in [0.3, 0.4) is 0 Å². The number of rotatable bonds is 3. The van der Waals surface area contributed by atoms with E-state index in [4.69, 9.17) is 5.10 Å². The van der Waals surface area contributed by atoms with Crippen molar-refractivity contribution in [3.8, 4) is 16.9 Å². The Kier molecular flexibility index (Phi) is 5.27. The topological polar surface area (TPSA) is 70.5 Å². The average Bonchev–Trinajstić information content (AvgIpc) is 3.36. The van der Waals surface area contributed by atoms with Gasteiger partial charge in [0.25, 0.3) is 5.91 Å². The fourth-order valence-corrected chi connectivity index (χ4v) is 4.77. The van der Waals surface area contributed by atoms with Gasteiger partial charge in [-0.05, 0) is 50.7 Å². The van der Waals surface area contributed by atoms with Crippen LogP contribution in [0.4, 0.5) is 0 Å². The van der Waals surface area contributed by atoms with Crippen LogP contribution < -0.4 is 5.43 Å². The van der Waals surface area contributed by atoms with Crippen LogP contribution in [-0.2, 0) is 11.2 Å². The first-order valence-corrected chi connectivity index (χ1v) is 11.1. The van der Waals surface area contributed by atoms with Gasteiger partial charge >= 0.3 is 0 Å². The normalized spacial score (nSPS) is 15.8. The molecule has 3 aromatic rings. The number of aromatic nitrogens is 2. The van der Waals surface area contributed by atoms with Gasteiger partial charge < -0.3 is 4.90 Å². The minimum Gasteiger partial charge on any atom is -0.306 e. The number of hydrogen-bond acceptors (Lipinski definition) is 4. The maximum Gasteiger partial charge on any atom is 0.290 e. The number of likely N-dealkylation sites (tertiary alicyclic amines) is 1. The SMILES string of the molecule is CC(=O)N(NC(=O)c1nn(-c2ccccc2)c2c1Cc1ccccc1-2)C1CCN(C)CC1. The van der Waals surface area contributed by atoms with Crippen molar-refractivity contribution in [2.24, 2.45) is 0 Å². The van der Waals surface area contributed by atoms with Gasteiger partial charge in [-0.25, -0.2) is 4.68 Å². The highest BCUT2D eigenvalue weighted by molar-refractivity contribution is 5.98. The standard InChI is InChI=1S/C25H27N5O2/c1-17(31)29(20-12-14-28(2)15-13-20)27-25(32)23-22-16-18-8-6-7-11-21(18)24(22)30(26-23)19-9-4-3-5-10-19/h3-11,20H,12-16H2,1-2H3,(H,27,32). The molecule has 1 aliphatic carbocycles. The molecule has 2 amide bonds. The molecule has 0 bridgehead atoms. The molecule has 32 heavy (non-hydrogen) atoms. The molecule has 1 fully saturated rings. The van der Waals surface area contributed by atoms with Gasteiger partial charge in [-0.2, -0.15) is 5.10 Å². The lowest BCUT2D eigenvalue weighted by Crippen LogP contribution is -2.54. The van der Waals surface area contributed by atoms with Crippen molar-refractivity contribution in [1.29, 1.82) is 0 Å². The number of hydrogen-bond donors (Lipinski definition) is 1. The van der Waals surface area contributed by atoms with Crippen molar-refractivity contribution in [1.82, 2.24) is 25.1 Å². The lowest BCUT2D eigenvalue weighted by atomic mass is 10.0. The Balaban J connectivity index is 1.51. The molecular weight excluding hydrogens is 402 g/mol. The maximum absolute atomic E-state index is 13.4. The molecule has 7 heteroatoms. The van der Waals surface area contributed by atoms with Crippen molar-refractivity contribution in [3.63, 3.8) is 0 Å². The molecule has 2 aliphatic rings. The molecule has 7 nitrogen and oxygen atoms in total. The molecule has 1 aliphatic heterocycles. The molecule has 0 atom stereocenters. The van der Waals surface area contributed by atoms with Gasteiger partial charge in [0.05, 0.1) is 17.4 Å². The third kappa shape index (κ3) is 3.58. The number of carbonyl (C=O) groups excluding carboxylic acids is 2. The number of benzene rings is 2. The fourth-order valence-electron chi connectivity index (χ4n) is 4.77. The van der Waals surface area contributed by atoms with Gasteiger partial charge in [-0.3, -0.25) is 20.0 Å². The first kappa shape index (κ1) is 20.5. The number of carbonyl (C=O) groups is 2. The number of nitrogens with one attached hydrogen (secondary N) is 1. The predicted octanol–water partition coefficient (Wildman–Crippen LogP) is 3.03. The molecule has 1 aromatic heterocycles. The van der Waals surface area contributed by atoms with E-state index < -0.39 is 0 Å². The second-order valence-corrected chi connectivity index (χ2v) is 8.62. The van der Waals surface area contributed by atoms with Crippen LogP contribution >= 0.6 is 0 Å². The summed E-state index contributed by atoms with van der Waals surface area (Å²) in [6, 6.07) is 18.0. The molecule has 164 valence electrons. The largest absolute Gasteiger partial charge is 0.306 e. The summed E-state index contributed by atoms with van der Waals surface area (Å²) in [6.45, 7) is 3.30. The van der Waals surface area contributed by atoms with E-state index in [-0.39, 0.29) is 17.9 Å². The summed E-state index contributed by atoms with van der Waals surface area (Å²) in [4.78, 5) is 28.1. The lowest BCUT2D eigenvalue weighted by Gasteiger charge is -2.36. The predicted molar refractivity (Wildman–Crippen MR) is 122 cm³/mol. The number of fused-ring (bicyclic) bond motifs is 3. The third-order valence-corrected chi connectivity index (χ3v) is 6.45. The van der Waals surface area contributed by atoms with Gasteiger partial charge in [-0.1, -0.05) is 42.5 Å². The Morgan fingerprint density at radius 1 is 1.03 bits per heavy atom. The number of para-hydroxylation sites is 1. The van der Waals surface area contributed by atoms with Gasteiger partial charge in [-0.15, -0.1) is 0 Å². The van der Waals surface area contributed by atoms with E-state index in [9.17, 15) is 9.59 Å². The molecule has 0 spiro atoms. The van der Waals surface area contributed by atoms with Gasteiger partial charge in [0.15, 0.2) is 5.69 Å². The first-order chi connectivity index (χ1) is 15.5. The van der Waals surface area contributed by atoms with Crippen LogP contribution in [0.15, 0.2) is 54.6 Å². The zero-order chi connectivity index (χ0) is 22.2. The Hall–Kier alpha value is -3.45. The van der Waals surface area contributed by atoms with E-state index in [2.05, 4.69) is 29.5 Å². The molecular formula is C25H27N5O2. The highest BCUT2D eigenvalue weighted by Crippen LogP contribution is 2.39. The molecule has 0 radical (unpaired) electrons. The smallest absolute Gasteiger partial charge is 0.290 e. The summed E-state index contributed by atoms with van der Waals surface area (Å²) in [6.07, 6.45) is 2.31. The van der Waals surface area contributed by atoms with Crippen LogP contribution in [0.5, 0.6) is 0 Å². The second kappa shape index (κ2) is 8.24.